The summed E-state index contributed by atoms with van der Waals surface area (Å²) in [5, 5.41) is 3.08. The van der Waals surface area contributed by atoms with Gasteiger partial charge in [0.25, 0.3) is 5.91 Å². The number of rotatable bonds is 9. The highest BCUT2D eigenvalue weighted by Crippen LogP contribution is 2.36. The van der Waals surface area contributed by atoms with Crippen LogP contribution < -0.4 is 10.1 Å². The summed E-state index contributed by atoms with van der Waals surface area (Å²) in [6.07, 6.45) is 6.72. The lowest BCUT2D eigenvalue weighted by Gasteiger charge is -2.32. The number of benzene rings is 1. The summed E-state index contributed by atoms with van der Waals surface area (Å²) in [5.74, 6) is 0.883. The first-order valence-corrected chi connectivity index (χ1v) is 12.6. The normalized spacial score (nSPS) is 16.1. The molecule has 0 atom stereocenters. The molecule has 37 heavy (non-hydrogen) atoms. The van der Waals surface area contributed by atoms with E-state index < -0.39 is 0 Å². The van der Waals surface area contributed by atoms with Crippen LogP contribution in [0.3, 0.4) is 0 Å². The van der Waals surface area contributed by atoms with Gasteiger partial charge in [-0.2, -0.15) is 0 Å². The molecule has 0 radical (unpaired) electrons. The number of carbonyl (C=O) groups excluding carboxylic acids is 3. The lowest BCUT2D eigenvalue weighted by atomic mass is 10.0. The van der Waals surface area contributed by atoms with Crippen molar-refractivity contribution in [1.82, 2.24) is 25.2 Å². The highest BCUT2D eigenvalue weighted by Gasteiger charge is 2.26. The Hall–Kier alpha value is -3.79. The Morgan fingerprint density at radius 3 is 2.62 bits per heavy atom. The number of carbonyl (C=O) groups is 3. The maximum Gasteiger partial charge on any atom is 0.255 e. The number of nitrogens with zero attached hydrogens (tertiary/aromatic N) is 3. The molecular formula is C27H31N5O5. The molecule has 10 heteroatoms. The van der Waals surface area contributed by atoms with Crippen molar-refractivity contribution in [2.24, 2.45) is 5.92 Å². The van der Waals surface area contributed by atoms with Crippen molar-refractivity contribution in [1.29, 1.82) is 0 Å². The Labute approximate surface area is 214 Å². The fourth-order valence-electron chi connectivity index (χ4n) is 4.62. The van der Waals surface area contributed by atoms with Crippen molar-refractivity contribution in [3.05, 3.63) is 41.9 Å². The molecule has 2 aliphatic rings. The number of aromatic nitrogens is 3. The van der Waals surface area contributed by atoms with E-state index in [9.17, 15) is 14.4 Å². The third-order valence-corrected chi connectivity index (χ3v) is 6.97. The van der Waals surface area contributed by atoms with Crippen molar-refractivity contribution in [3.63, 3.8) is 0 Å². The lowest BCUT2D eigenvalue weighted by molar-refractivity contribution is -0.136. The van der Waals surface area contributed by atoms with Gasteiger partial charge >= 0.3 is 0 Å². The Bertz CT molecular complexity index is 1320. The van der Waals surface area contributed by atoms with E-state index in [0.717, 1.165) is 12.8 Å². The third kappa shape index (κ3) is 5.48. The summed E-state index contributed by atoms with van der Waals surface area (Å²) in [6.45, 7) is 3.35. The van der Waals surface area contributed by atoms with E-state index in [0.29, 0.717) is 77.6 Å². The molecular weight excluding hydrogens is 474 g/mol. The van der Waals surface area contributed by atoms with Crippen molar-refractivity contribution in [2.45, 2.75) is 38.6 Å². The Morgan fingerprint density at radius 2 is 1.92 bits per heavy atom. The molecule has 1 saturated carbocycles. The Balaban J connectivity index is 1.37. The minimum absolute atomic E-state index is 0.0394. The first-order chi connectivity index (χ1) is 17.9. The number of H-pyrrole nitrogens is 1. The molecule has 2 N–H and O–H groups in total. The van der Waals surface area contributed by atoms with Crippen LogP contribution in [0.25, 0.3) is 22.3 Å². The van der Waals surface area contributed by atoms with E-state index in [1.807, 2.05) is 6.07 Å². The summed E-state index contributed by atoms with van der Waals surface area (Å²) in [7, 11) is 1.50. The second-order valence-corrected chi connectivity index (χ2v) is 9.73. The maximum absolute atomic E-state index is 13.2. The number of nitrogens with one attached hydrogen (secondary N) is 2. The zero-order valence-electron chi connectivity index (χ0n) is 21.1. The zero-order valence-corrected chi connectivity index (χ0v) is 21.1. The van der Waals surface area contributed by atoms with Crippen LogP contribution >= 0.6 is 0 Å². The molecule has 2 fully saturated rings. The quantitative estimate of drug-likeness (QED) is 0.428. The Kier molecular flexibility index (Phi) is 7.18. The van der Waals surface area contributed by atoms with Crippen LogP contribution in [0, 0.1) is 5.92 Å². The molecule has 1 aromatic carbocycles. The number of likely N-dealkylation sites (tertiary alicyclic amines) is 1. The molecule has 1 saturated heterocycles. The van der Waals surface area contributed by atoms with Crippen molar-refractivity contribution in [2.75, 3.05) is 33.4 Å². The molecule has 5 rings (SSSR count). The monoisotopic (exact) mass is 505 g/mol. The summed E-state index contributed by atoms with van der Waals surface area (Å²) >= 11 is 0. The van der Waals surface area contributed by atoms with Crippen LogP contribution in [-0.4, -0.2) is 76.9 Å². The van der Waals surface area contributed by atoms with Gasteiger partial charge in [0.2, 0.25) is 5.91 Å². The maximum atomic E-state index is 13.2. The second-order valence-electron chi connectivity index (χ2n) is 9.73. The van der Waals surface area contributed by atoms with E-state index in [1.165, 1.54) is 20.4 Å². The molecule has 2 aromatic heterocycles. The number of aromatic amines is 1. The fraction of sp³-hybridized carbons (Fsp3) is 0.444. The molecule has 10 nitrogen and oxygen atoms in total. The van der Waals surface area contributed by atoms with Gasteiger partial charge in [-0.1, -0.05) is 0 Å². The van der Waals surface area contributed by atoms with Gasteiger partial charge in [-0.05, 0) is 56.7 Å². The molecule has 0 bridgehead atoms. The first-order valence-electron chi connectivity index (χ1n) is 12.6. The molecule has 3 aromatic rings. The number of piperidine rings is 1. The first kappa shape index (κ1) is 24.9. The number of ether oxygens (including phenoxy) is 2. The summed E-state index contributed by atoms with van der Waals surface area (Å²) in [4.78, 5) is 51.1. The number of hydrogen-bond acceptors (Lipinski definition) is 7. The number of amides is 2. The summed E-state index contributed by atoms with van der Waals surface area (Å²) in [5.41, 5.74) is 3.33. The summed E-state index contributed by atoms with van der Waals surface area (Å²) in [6, 6.07) is 5.31. The van der Waals surface area contributed by atoms with Crippen molar-refractivity contribution >= 4 is 28.6 Å². The minimum atomic E-state index is -0.236. The largest absolute Gasteiger partial charge is 0.493 e. The van der Waals surface area contributed by atoms with Crippen LogP contribution in [0.2, 0.25) is 0 Å². The van der Waals surface area contributed by atoms with E-state index in [4.69, 9.17) is 9.47 Å². The second kappa shape index (κ2) is 10.7. The van der Waals surface area contributed by atoms with Gasteiger partial charge in [-0.3, -0.25) is 14.4 Å². The van der Waals surface area contributed by atoms with Crippen molar-refractivity contribution < 1.29 is 23.9 Å². The predicted octanol–water partition coefficient (Wildman–Crippen LogP) is 2.98. The highest BCUT2D eigenvalue weighted by atomic mass is 16.5. The van der Waals surface area contributed by atoms with Crippen LogP contribution in [0.4, 0.5) is 0 Å². The van der Waals surface area contributed by atoms with Crippen molar-refractivity contribution in [3.8, 4) is 17.0 Å². The minimum Gasteiger partial charge on any atom is -0.493 e. The molecule has 1 aliphatic heterocycles. The molecule has 3 heterocycles. The average Bonchev–Trinajstić information content (AvgIpc) is 3.63. The smallest absolute Gasteiger partial charge is 0.255 e. The van der Waals surface area contributed by atoms with Gasteiger partial charge in [0.05, 0.1) is 17.7 Å². The molecule has 194 valence electrons. The van der Waals surface area contributed by atoms with Gasteiger partial charge in [0, 0.05) is 43.6 Å². The van der Waals surface area contributed by atoms with E-state index >= 15 is 0 Å². The van der Waals surface area contributed by atoms with Crippen LogP contribution in [0.5, 0.6) is 5.75 Å². The van der Waals surface area contributed by atoms with Gasteiger partial charge < -0.3 is 24.7 Å². The highest BCUT2D eigenvalue weighted by molar-refractivity contribution is 6.08. The molecule has 0 spiro atoms. The number of methoxy groups -OCH3 is 1. The average molecular weight is 506 g/mol. The number of hydrogen-bond donors (Lipinski definition) is 2. The van der Waals surface area contributed by atoms with E-state index in [-0.39, 0.29) is 30.2 Å². The SMILES string of the molecule is COCC(=O)N1CCC(NC(=O)c2c[nH]c3c(-c4cc(C(C)=O)ccc4OCC4CC4)ncnc23)CC1. The number of ketones is 1. The van der Waals surface area contributed by atoms with Gasteiger partial charge in [0.1, 0.15) is 29.9 Å². The van der Waals surface area contributed by atoms with E-state index in [2.05, 4.69) is 20.3 Å². The van der Waals surface area contributed by atoms with E-state index in [1.54, 1.807) is 23.2 Å². The molecule has 0 unspecified atom stereocenters. The zero-order chi connectivity index (χ0) is 25.9. The predicted molar refractivity (Wildman–Crippen MR) is 136 cm³/mol. The van der Waals surface area contributed by atoms with Gasteiger partial charge in [-0.15, -0.1) is 0 Å². The topological polar surface area (TPSA) is 127 Å². The van der Waals surface area contributed by atoms with Crippen LogP contribution in [0.1, 0.15) is 53.3 Å². The van der Waals surface area contributed by atoms with Crippen LogP contribution in [-0.2, 0) is 9.53 Å². The molecule has 2 amide bonds. The lowest BCUT2D eigenvalue weighted by Crippen LogP contribution is -2.47. The fourth-order valence-corrected chi connectivity index (χ4v) is 4.62. The Morgan fingerprint density at radius 1 is 1.14 bits per heavy atom. The third-order valence-electron chi connectivity index (χ3n) is 6.97. The van der Waals surface area contributed by atoms with Gasteiger partial charge in [-0.25, -0.2) is 9.97 Å². The molecule has 1 aliphatic carbocycles. The van der Waals surface area contributed by atoms with Crippen LogP contribution in [0.15, 0.2) is 30.7 Å². The summed E-state index contributed by atoms with van der Waals surface area (Å²) < 4.78 is 11.0. The number of fused-ring (bicyclic) bond motifs is 1. The standard InChI is InChI=1S/C27H31N5O5/c1-16(33)18-5-6-22(37-13-17-3-4-17)20(11-18)24-26-25(30-15-29-24)21(12-28-26)27(35)31-19-7-9-32(10-8-19)23(34)14-36-2/h5-6,11-12,15,17,19,28H,3-4,7-10,13-14H2,1-2H3,(H,31,35). The number of Topliss-reactive ketones (excluding diaryl/α,β-unsaturated/α-hetero) is 1. The van der Waals surface area contributed by atoms with Gasteiger partial charge in [0.15, 0.2) is 5.78 Å².